The van der Waals surface area contributed by atoms with Gasteiger partial charge in [-0.05, 0) is 49.0 Å². The molecule has 0 unspecified atom stereocenters. The minimum absolute atomic E-state index is 0.237. The van der Waals surface area contributed by atoms with Gasteiger partial charge in [-0.3, -0.25) is 4.90 Å². The van der Waals surface area contributed by atoms with E-state index in [1.807, 2.05) is 18.2 Å². The van der Waals surface area contributed by atoms with Gasteiger partial charge < -0.3 is 9.64 Å². The zero-order valence-electron chi connectivity index (χ0n) is 16.5. The van der Waals surface area contributed by atoms with E-state index < -0.39 is 10.0 Å². The number of likely N-dealkylation sites (N-methyl/N-ethyl adjacent to an activating group) is 1. The second-order valence-corrected chi connectivity index (χ2v) is 10.0. The monoisotopic (exact) mass is 477 g/mol. The molecule has 0 amide bonds. The van der Waals surface area contributed by atoms with Gasteiger partial charge in [0, 0.05) is 48.8 Å². The van der Waals surface area contributed by atoms with Gasteiger partial charge in [0.1, 0.15) is 5.75 Å². The topological polar surface area (TPSA) is 54.8 Å². The van der Waals surface area contributed by atoms with E-state index in [9.17, 15) is 8.42 Å². The number of ether oxygens (including phenoxy) is 1. The molecule has 1 fully saturated rings. The number of nitrogens with zero attached hydrogens (tertiary/aromatic N) is 3. The zero-order chi connectivity index (χ0) is 20.6. The Bertz CT molecular complexity index is 1120. The fourth-order valence-corrected chi connectivity index (χ4v) is 5.71. The molecule has 1 aromatic heterocycles. The fraction of sp³-hybridized carbons (Fsp3) is 0.333. The molecule has 1 aliphatic rings. The molecule has 1 aliphatic heterocycles. The van der Waals surface area contributed by atoms with Gasteiger partial charge in [0.25, 0.3) is 10.0 Å². The van der Waals surface area contributed by atoms with Crippen LogP contribution in [0.15, 0.2) is 58.0 Å². The number of hydrogen-bond acceptors (Lipinski definition) is 5. The Balaban J connectivity index is 1.77. The standard InChI is InChI=1S/C21H24BrN3O3S/c1-23-10-12-24(13-11-23)14-16-15-25(20-5-3-4-19(22)21(16)20)29(26,27)18-8-6-17(28-2)7-9-18/h3-9,15H,10-14H2,1-2H3. The van der Waals surface area contributed by atoms with Crippen molar-refractivity contribution in [1.82, 2.24) is 13.8 Å². The molecule has 0 bridgehead atoms. The van der Waals surface area contributed by atoms with Gasteiger partial charge >= 0.3 is 0 Å². The van der Waals surface area contributed by atoms with Crippen molar-refractivity contribution < 1.29 is 13.2 Å². The van der Waals surface area contributed by atoms with E-state index in [2.05, 4.69) is 32.8 Å². The van der Waals surface area contributed by atoms with Crippen LogP contribution in [-0.4, -0.2) is 62.5 Å². The molecular weight excluding hydrogens is 454 g/mol. The average molecular weight is 478 g/mol. The molecule has 0 N–H and O–H groups in total. The van der Waals surface area contributed by atoms with Gasteiger partial charge in [-0.1, -0.05) is 22.0 Å². The summed E-state index contributed by atoms with van der Waals surface area (Å²) in [4.78, 5) is 4.92. The maximum Gasteiger partial charge on any atom is 0.268 e. The van der Waals surface area contributed by atoms with E-state index in [0.717, 1.165) is 48.1 Å². The summed E-state index contributed by atoms with van der Waals surface area (Å²) in [6.07, 6.45) is 1.77. The minimum Gasteiger partial charge on any atom is -0.497 e. The lowest BCUT2D eigenvalue weighted by atomic mass is 10.1. The van der Waals surface area contributed by atoms with E-state index in [4.69, 9.17) is 4.74 Å². The Hall–Kier alpha value is -1.87. The van der Waals surface area contributed by atoms with Crippen molar-refractivity contribution in [2.75, 3.05) is 40.3 Å². The van der Waals surface area contributed by atoms with E-state index in [1.165, 1.54) is 3.97 Å². The number of methoxy groups -OCH3 is 1. The molecule has 2 heterocycles. The Morgan fingerprint density at radius 3 is 2.38 bits per heavy atom. The third-order valence-corrected chi connectivity index (χ3v) is 7.78. The number of piperazine rings is 1. The maximum atomic E-state index is 13.4. The Labute approximate surface area is 179 Å². The molecule has 6 nitrogen and oxygen atoms in total. The highest BCUT2D eigenvalue weighted by Crippen LogP contribution is 2.32. The second kappa shape index (κ2) is 8.10. The Morgan fingerprint density at radius 2 is 1.72 bits per heavy atom. The molecule has 0 saturated carbocycles. The number of halogens is 1. The summed E-state index contributed by atoms with van der Waals surface area (Å²) in [6.45, 7) is 4.70. The van der Waals surface area contributed by atoms with E-state index in [-0.39, 0.29) is 4.90 Å². The molecule has 154 valence electrons. The van der Waals surface area contributed by atoms with E-state index >= 15 is 0 Å². The molecule has 2 aromatic carbocycles. The van der Waals surface area contributed by atoms with Crippen molar-refractivity contribution in [2.24, 2.45) is 0 Å². The normalized spacial score (nSPS) is 16.4. The summed E-state index contributed by atoms with van der Waals surface area (Å²) in [5, 5.41) is 0.948. The van der Waals surface area contributed by atoms with Crippen molar-refractivity contribution in [3.05, 3.63) is 58.7 Å². The van der Waals surface area contributed by atoms with Crippen LogP contribution in [0.4, 0.5) is 0 Å². The van der Waals surface area contributed by atoms with Crippen LogP contribution in [0, 0.1) is 0 Å². The first-order valence-corrected chi connectivity index (χ1v) is 11.7. The van der Waals surface area contributed by atoms with E-state index in [0.29, 0.717) is 11.3 Å². The summed E-state index contributed by atoms with van der Waals surface area (Å²) < 4.78 is 34.2. The summed E-state index contributed by atoms with van der Waals surface area (Å²) >= 11 is 3.63. The summed E-state index contributed by atoms with van der Waals surface area (Å²) in [5.41, 5.74) is 1.69. The molecule has 0 radical (unpaired) electrons. The van der Waals surface area contributed by atoms with Crippen LogP contribution in [0.2, 0.25) is 0 Å². The van der Waals surface area contributed by atoms with Crippen molar-refractivity contribution in [3.8, 4) is 5.75 Å². The van der Waals surface area contributed by atoms with Gasteiger partial charge in [0.05, 0.1) is 17.5 Å². The van der Waals surface area contributed by atoms with Crippen LogP contribution in [0.25, 0.3) is 10.9 Å². The highest BCUT2D eigenvalue weighted by molar-refractivity contribution is 9.10. The maximum absolute atomic E-state index is 13.4. The Morgan fingerprint density at radius 1 is 1.03 bits per heavy atom. The first-order valence-electron chi connectivity index (χ1n) is 9.49. The largest absolute Gasteiger partial charge is 0.497 e. The first-order chi connectivity index (χ1) is 13.9. The fourth-order valence-electron chi connectivity index (χ4n) is 3.72. The van der Waals surface area contributed by atoms with Crippen molar-refractivity contribution >= 4 is 36.9 Å². The van der Waals surface area contributed by atoms with Crippen molar-refractivity contribution in [2.45, 2.75) is 11.4 Å². The van der Waals surface area contributed by atoms with Crippen LogP contribution < -0.4 is 4.74 Å². The number of aromatic nitrogens is 1. The molecule has 8 heteroatoms. The zero-order valence-corrected chi connectivity index (χ0v) is 18.9. The third kappa shape index (κ3) is 3.94. The molecule has 0 aliphatic carbocycles. The van der Waals surface area contributed by atoms with Crippen molar-refractivity contribution in [1.29, 1.82) is 0 Å². The SMILES string of the molecule is COc1ccc(S(=O)(=O)n2cc(CN3CCN(C)CC3)c3c(Br)cccc32)cc1. The predicted molar refractivity (Wildman–Crippen MR) is 118 cm³/mol. The molecular formula is C21H24BrN3O3S. The predicted octanol–water partition coefficient (Wildman–Crippen LogP) is 3.40. The lowest BCUT2D eigenvalue weighted by molar-refractivity contribution is 0.148. The third-order valence-electron chi connectivity index (χ3n) is 5.43. The number of benzene rings is 2. The summed E-state index contributed by atoms with van der Waals surface area (Å²) in [5.74, 6) is 0.625. The van der Waals surface area contributed by atoms with Crippen molar-refractivity contribution in [3.63, 3.8) is 0 Å². The van der Waals surface area contributed by atoms with Gasteiger partial charge in [0.15, 0.2) is 0 Å². The molecule has 4 rings (SSSR count). The number of hydrogen-bond donors (Lipinski definition) is 0. The lowest BCUT2D eigenvalue weighted by Crippen LogP contribution is -2.43. The average Bonchev–Trinajstić information content (AvgIpc) is 3.10. The van der Waals surface area contributed by atoms with Gasteiger partial charge in [0.2, 0.25) is 0 Å². The summed E-state index contributed by atoms with van der Waals surface area (Å²) in [7, 11) is -0.0357. The number of rotatable bonds is 5. The lowest BCUT2D eigenvalue weighted by Gasteiger charge is -2.32. The van der Waals surface area contributed by atoms with Crippen LogP contribution in [0.5, 0.6) is 5.75 Å². The molecule has 0 spiro atoms. The molecule has 29 heavy (non-hydrogen) atoms. The van der Waals surface area contributed by atoms with Crippen LogP contribution >= 0.6 is 15.9 Å². The smallest absolute Gasteiger partial charge is 0.268 e. The minimum atomic E-state index is -3.72. The quantitative estimate of drug-likeness (QED) is 0.563. The van der Waals surface area contributed by atoms with E-state index in [1.54, 1.807) is 37.6 Å². The van der Waals surface area contributed by atoms with Gasteiger partial charge in [-0.25, -0.2) is 12.4 Å². The van der Waals surface area contributed by atoms with Gasteiger partial charge in [-0.2, -0.15) is 0 Å². The second-order valence-electron chi connectivity index (χ2n) is 7.34. The Kier molecular flexibility index (Phi) is 5.70. The number of fused-ring (bicyclic) bond motifs is 1. The molecule has 0 atom stereocenters. The molecule has 3 aromatic rings. The van der Waals surface area contributed by atoms with Crippen LogP contribution in [0.1, 0.15) is 5.56 Å². The van der Waals surface area contributed by atoms with Crippen LogP contribution in [-0.2, 0) is 16.6 Å². The van der Waals surface area contributed by atoms with Gasteiger partial charge in [-0.15, -0.1) is 0 Å². The highest BCUT2D eigenvalue weighted by Gasteiger charge is 2.24. The van der Waals surface area contributed by atoms with Crippen LogP contribution in [0.3, 0.4) is 0 Å². The highest BCUT2D eigenvalue weighted by atomic mass is 79.9. The first kappa shape index (κ1) is 20.4. The molecule has 1 saturated heterocycles. The summed E-state index contributed by atoms with van der Waals surface area (Å²) in [6, 6.07) is 12.2.